The molecule has 0 radical (unpaired) electrons. The molecule has 1 aromatic heterocycles. The number of hydrogen-bond acceptors (Lipinski definition) is 4. The third-order valence-corrected chi connectivity index (χ3v) is 3.53. The van der Waals surface area contributed by atoms with Gasteiger partial charge in [0.25, 0.3) is 0 Å². The fourth-order valence-corrected chi connectivity index (χ4v) is 2.32. The first-order valence-corrected chi connectivity index (χ1v) is 5.92. The van der Waals surface area contributed by atoms with Crippen molar-refractivity contribution in [2.45, 2.75) is 5.41 Å². The Balaban J connectivity index is 2.25. The minimum Gasteiger partial charge on any atom is -0.497 e. The molecule has 0 bridgehead atoms. The number of aromatic nitrogens is 1. The SMILES string of the molecule is COc1ccc2ccnc(C3(C(=O)O)COC3)c2c1. The number of carboxylic acid groups (broad SMARTS) is 1. The molecule has 0 amide bonds. The highest BCUT2D eigenvalue weighted by Gasteiger charge is 2.50. The normalized spacial score (nSPS) is 16.9. The number of ether oxygens (including phenoxy) is 2. The van der Waals surface area contributed by atoms with Crippen molar-refractivity contribution in [3.05, 3.63) is 36.2 Å². The minimum atomic E-state index is -1.04. The summed E-state index contributed by atoms with van der Waals surface area (Å²) in [5.74, 6) is -0.218. The highest BCUT2D eigenvalue weighted by molar-refractivity contribution is 5.93. The summed E-state index contributed by atoms with van der Waals surface area (Å²) in [5, 5.41) is 11.2. The topological polar surface area (TPSA) is 68.7 Å². The van der Waals surface area contributed by atoms with Gasteiger partial charge >= 0.3 is 5.97 Å². The summed E-state index contributed by atoms with van der Waals surface area (Å²) >= 11 is 0. The third-order valence-electron chi connectivity index (χ3n) is 3.53. The van der Waals surface area contributed by atoms with Gasteiger partial charge in [-0.25, -0.2) is 0 Å². The maximum absolute atomic E-state index is 11.6. The zero-order valence-corrected chi connectivity index (χ0v) is 10.4. The second-order valence-corrected chi connectivity index (χ2v) is 4.63. The van der Waals surface area contributed by atoms with E-state index in [0.717, 1.165) is 10.8 Å². The predicted molar refractivity (Wildman–Crippen MR) is 68.4 cm³/mol. The molecule has 2 heterocycles. The fourth-order valence-electron chi connectivity index (χ4n) is 2.32. The summed E-state index contributed by atoms with van der Waals surface area (Å²) in [4.78, 5) is 15.8. The summed E-state index contributed by atoms with van der Waals surface area (Å²) in [6.45, 7) is 0.317. The summed E-state index contributed by atoms with van der Waals surface area (Å²) in [6, 6.07) is 7.42. The van der Waals surface area contributed by atoms with Gasteiger partial charge in [-0.3, -0.25) is 9.78 Å². The van der Waals surface area contributed by atoms with Crippen molar-refractivity contribution in [1.29, 1.82) is 0 Å². The Labute approximate surface area is 109 Å². The van der Waals surface area contributed by atoms with Gasteiger partial charge in [-0.2, -0.15) is 0 Å². The van der Waals surface area contributed by atoms with Crippen molar-refractivity contribution in [1.82, 2.24) is 4.98 Å². The molecule has 1 saturated heterocycles. The lowest BCUT2D eigenvalue weighted by molar-refractivity contribution is -0.163. The van der Waals surface area contributed by atoms with Crippen LogP contribution in [0.5, 0.6) is 5.75 Å². The highest BCUT2D eigenvalue weighted by Crippen LogP contribution is 2.36. The van der Waals surface area contributed by atoms with Gasteiger partial charge in [-0.05, 0) is 23.6 Å². The van der Waals surface area contributed by atoms with Gasteiger partial charge in [0.15, 0.2) is 5.41 Å². The second kappa shape index (κ2) is 4.20. The van der Waals surface area contributed by atoms with Crippen LogP contribution in [0.3, 0.4) is 0 Å². The Morgan fingerprint density at radius 1 is 1.42 bits per heavy atom. The maximum atomic E-state index is 11.6. The molecule has 5 heteroatoms. The molecule has 2 aromatic rings. The first kappa shape index (κ1) is 11.9. The summed E-state index contributed by atoms with van der Waals surface area (Å²) in [5.41, 5.74) is -0.492. The Morgan fingerprint density at radius 3 is 2.79 bits per heavy atom. The van der Waals surface area contributed by atoms with Crippen molar-refractivity contribution in [3.8, 4) is 5.75 Å². The number of nitrogens with zero attached hydrogens (tertiary/aromatic N) is 1. The summed E-state index contributed by atoms with van der Waals surface area (Å²) < 4.78 is 10.3. The van der Waals surface area contributed by atoms with E-state index in [2.05, 4.69) is 4.98 Å². The minimum absolute atomic E-state index is 0.158. The molecule has 1 aromatic carbocycles. The lowest BCUT2D eigenvalue weighted by Crippen LogP contribution is -2.53. The molecule has 1 aliphatic heterocycles. The molecule has 1 fully saturated rings. The zero-order valence-electron chi connectivity index (χ0n) is 10.4. The smallest absolute Gasteiger partial charge is 0.320 e. The molecule has 3 rings (SSSR count). The van der Waals surface area contributed by atoms with Crippen LogP contribution in [-0.4, -0.2) is 36.4 Å². The molecule has 0 unspecified atom stereocenters. The molecule has 98 valence electrons. The van der Waals surface area contributed by atoms with Gasteiger partial charge in [-0.15, -0.1) is 0 Å². The molecule has 0 saturated carbocycles. The number of methoxy groups -OCH3 is 1. The third kappa shape index (κ3) is 1.66. The first-order chi connectivity index (χ1) is 9.17. The number of carbonyl (C=O) groups is 1. The molecule has 0 spiro atoms. The number of benzene rings is 1. The van der Waals surface area contributed by atoms with Gasteiger partial charge in [0, 0.05) is 11.6 Å². The van der Waals surface area contributed by atoms with E-state index in [1.165, 1.54) is 0 Å². The Kier molecular flexibility index (Phi) is 2.64. The Hall–Kier alpha value is -2.14. The Bertz CT molecular complexity index is 649. The van der Waals surface area contributed by atoms with Crippen LogP contribution in [-0.2, 0) is 14.9 Å². The molecule has 5 nitrogen and oxygen atoms in total. The number of hydrogen-bond donors (Lipinski definition) is 1. The molecule has 1 aliphatic rings. The van der Waals surface area contributed by atoms with Gasteiger partial charge in [0.1, 0.15) is 5.75 Å². The largest absolute Gasteiger partial charge is 0.497 e. The molecule has 1 N–H and O–H groups in total. The van der Waals surface area contributed by atoms with E-state index in [1.807, 2.05) is 24.3 Å². The van der Waals surface area contributed by atoms with Crippen molar-refractivity contribution < 1.29 is 19.4 Å². The number of pyridine rings is 1. The van der Waals surface area contributed by atoms with Crippen LogP contribution in [0.25, 0.3) is 10.8 Å². The van der Waals surface area contributed by atoms with E-state index in [0.29, 0.717) is 11.4 Å². The molecule has 19 heavy (non-hydrogen) atoms. The number of rotatable bonds is 3. The summed E-state index contributed by atoms with van der Waals surface area (Å²) in [7, 11) is 1.58. The fraction of sp³-hybridized carbons (Fsp3) is 0.286. The van der Waals surface area contributed by atoms with Gasteiger partial charge in [0.2, 0.25) is 0 Å². The van der Waals surface area contributed by atoms with E-state index < -0.39 is 11.4 Å². The van der Waals surface area contributed by atoms with E-state index in [4.69, 9.17) is 9.47 Å². The van der Waals surface area contributed by atoms with E-state index in [9.17, 15) is 9.90 Å². The van der Waals surface area contributed by atoms with Gasteiger partial charge < -0.3 is 14.6 Å². The van der Waals surface area contributed by atoms with Crippen molar-refractivity contribution in [2.24, 2.45) is 0 Å². The van der Waals surface area contributed by atoms with Crippen LogP contribution >= 0.6 is 0 Å². The second-order valence-electron chi connectivity index (χ2n) is 4.63. The van der Waals surface area contributed by atoms with Crippen molar-refractivity contribution in [2.75, 3.05) is 20.3 Å². The van der Waals surface area contributed by atoms with Crippen LogP contribution in [0.4, 0.5) is 0 Å². The first-order valence-electron chi connectivity index (χ1n) is 5.92. The van der Waals surface area contributed by atoms with Crippen molar-refractivity contribution >= 4 is 16.7 Å². The van der Waals surface area contributed by atoms with Crippen molar-refractivity contribution in [3.63, 3.8) is 0 Å². The highest BCUT2D eigenvalue weighted by atomic mass is 16.5. The molecule has 0 aliphatic carbocycles. The maximum Gasteiger partial charge on any atom is 0.320 e. The van der Waals surface area contributed by atoms with Gasteiger partial charge in [0.05, 0.1) is 26.0 Å². The number of fused-ring (bicyclic) bond motifs is 1. The Morgan fingerprint density at radius 2 is 2.21 bits per heavy atom. The number of carboxylic acids is 1. The van der Waals surface area contributed by atoms with E-state index in [1.54, 1.807) is 13.3 Å². The average molecular weight is 259 g/mol. The molecular weight excluding hydrogens is 246 g/mol. The van der Waals surface area contributed by atoms with Crippen LogP contribution in [0.15, 0.2) is 30.5 Å². The predicted octanol–water partition coefficient (Wildman–Crippen LogP) is 1.60. The standard InChI is InChI=1S/C14H13NO4/c1-18-10-3-2-9-4-5-15-12(11(9)6-10)14(13(16)17)7-19-8-14/h2-6H,7-8H2,1H3,(H,16,17). The lowest BCUT2D eigenvalue weighted by atomic mass is 9.80. The van der Waals surface area contributed by atoms with Crippen LogP contribution < -0.4 is 4.74 Å². The average Bonchev–Trinajstić information content (AvgIpc) is 2.36. The van der Waals surface area contributed by atoms with Crippen LogP contribution in [0, 0.1) is 0 Å². The van der Waals surface area contributed by atoms with E-state index in [-0.39, 0.29) is 13.2 Å². The van der Waals surface area contributed by atoms with Crippen LogP contribution in [0.2, 0.25) is 0 Å². The van der Waals surface area contributed by atoms with E-state index >= 15 is 0 Å². The summed E-state index contributed by atoms with van der Waals surface area (Å²) in [6.07, 6.45) is 1.63. The zero-order chi connectivity index (χ0) is 13.5. The monoisotopic (exact) mass is 259 g/mol. The lowest BCUT2D eigenvalue weighted by Gasteiger charge is -2.37. The number of aliphatic carboxylic acids is 1. The molecule has 0 atom stereocenters. The molecular formula is C14H13NO4. The quantitative estimate of drug-likeness (QED) is 0.906. The van der Waals surface area contributed by atoms with Crippen LogP contribution in [0.1, 0.15) is 5.69 Å². The van der Waals surface area contributed by atoms with Gasteiger partial charge in [-0.1, -0.05) is 6.07 Å².